The lowest BCUT2D eigenvalue weighted by atomic mass is 10.1. The molecule has 0 aliphatic carbocycles. The summed E-state index contributed by atoms with van der Waals surface area (Å²) in [6.07, 6.45) is 3.50. The summed E-state index contributed by atoms with van der Waals surface area (Å²) >= 11 is 1.48. The molecule has 1 unspecified atom stereocenters. The van der Waals surface area contributed by atoms with Crippen molar-refractivity contribution in [2.75, 3.05) is 12.4 Å². The number of carbonyl (C=O) groups is 1. The molecule has 20 heavy (non-hydrogen) atoms. The van der Waals surface area contributed by atoms with Crippen LogP contribution in [-0.2, 0) is 11.8 Å². The van der Waals surface area contributed by atoms with E-state index in [-0.39, 0.29) is 18.3 Å². The fraction of sp³-hybridized carbons (Fsp3) is 0.417. The van der Waals surface area contributed by atoms with Gasteiger partial charge in [0, 0.05) is 23.7 Å². The summed E-state index contributed by atoms with van der Waals surface area (Å²) in [4.78, 5) is 17.6. The lowest BCUT2D eigenvalue weighted by Crippen LogP contribution is -2.30. The summed E-state index contributed by atoms with van der Waals surface area (Å²) in [6, 6.07) is -0.432. The largest absolute Gasteiger partial charge is 0.305 e. The van der Waals surface area contributed by atoms with E-state index in [4.69, 9.17) is 0 Å². The van der Waals surface area contributed by atoms with Crippen molar-refractivity contribution in [3.05, 3.63) is 28.5 Å². The number of amides is 1. The Hall–Kier alpha value is -1.44. The van der Waals surface area contributed by atoms with Gasteiger partial charge in [-0.15, -0.1) is 23.7 Å². The maximum absolute atomic E-state index is 12.2. The van der Waals surface area contributed by atoms with Crippen molar-refractivity contribution in [1.29, 1.82) is 0 Å². The molecule has 0 saturated heterocycles. The van der Waals surface area contributed by atoms with E-state index in [1.165, 1.54) is 11.3 Å². The van der Waals surface area contributed by atoms with Gasteiger partial charge >= 0.3 is 0 Å². The van der Waals surface area contributed by atoms with Crippen molar-refractivity contribution >= 4 is 34.8 Å². The number of rotatable bonds is 4. The van der Waals surface area contributed by atoms with Gasteiger partial charge in [-0.05, 0) is 20.9 Å². The molecule has 6 nitrogen and oxygen atoms in total. The third kappa shape index (κ3) is 3.56. The van der Waals surface area contributed by atoms with Crippen LogP contribution in [-0.4, -0.2) is 27.7 Å². The molecule has 0 radical (unpaired) electrons. The Morgan fingerprint density at radius 2 is 2.15 bits per heavy atom. The van der Waals surface area contributed by atoms with E-state index in [0.29, 0.717) is 5.13 Å². The van der Waals surface area contributed by atoms with Crippen LogP contribution in [0.3, 0.4) is 0 Å². The molecular weight excluding hydrogens is 298 g/mol. The van der Waals surface area contributed by atoms with Gasteiger partial charge in [0.25, 0.3) is 0 Å². The van der Waals surface area contributed by atoms with E-state index < -0.39 is 6.04 Å². The Balaban J connectivity index is 0.00000200. The normalized spacial score (nSPS) is 11.8. The summed E-state index contributed by atoms with van der Waals surface area (Å²) in [5.74, 6) is -0.135. The van der Waals surface area contributed by atoms with Crippen LogP contribution < -0.4 is 10.6 Å². The second-order valence-corrected chi connectivity index (χ2v) is 5.52. The van der Waals surface area contributed by atoms with Crippen LogP contribution >= 0.6 is 23.7 Å². The minimum Gasteiger partial charge on any atom is -0.305 e. The van der Waals surface area contributed by atoms with Crippen LogP contribution in [0.25, 0.3) is 0 Å². The highest BCUT2D eigenvalue weighted by Crippen LogP contribution is 2.22. The summed E-state index contributed by atoms with van der Waals surface area (Å²) in [6.45, 7) is 3.91. The molecule has 1 amide bonds. The second kappa shape index (κ2) is 6.83. The molecule has 2 heterocycles. The van der Waals surface area contributed by atoms with Crippen LogP contribution in [0.4, 0.5) is 5.13 Å². The van der Waals surface area contributed by atoms with Gasteiger partial charge in [0.1, 0.15) is 6.04 Å². The first-order chi connectivity index (χ1) is 9.01. The van der Waals surface area contributed by atoms with Crippen LogP contribution in [0.5, 0.6) is 0 Å². The fourth-order valence-corrected chi connectivity index (χ4v) is 2.56. The molecule has 0 aliphatic rings. The highest BCUT2D eigenvalue weighted by molar-refractivity contribution is 7.15. The molecule has 110 valence electrons. The number of hydrogen-bond donors (Lipinski definition) is 2. The van der Waals surface area contributed by atoms with Crippen LogP contribution in [0.1, 0.15) is 22.2 Å². The molecule has 0 fully saturated rings. The smallest absolute Gasteiger partial charge is 0.247 e. The van der Waals surface area contributed by atoms with Gasteiger partial charge in [-0.3, -0.25) is 9.48 Å². The molecule has 0 aromatic carbocycles. The lowest BCUT2D eigenvalue weighted by molar-refractivity contribution is -0.118. The number of hydrogen-bond acceptors (Lipinski definition) is 5. The number of anilines is 1. The van der Waals surface area contributed by atoms with E-state index in [9.17, 15) is 4.79 Å². The Labute approximate surface area is 128 Å². The predicted molar refractivity (Wildman–Crippen MR) is 82.5 cm³/mol. The molecular formula is C12H18ClN5OS. The first-order valence-corrected chi connectivity index (χ1v) is 6.73. The number of aromatic nitrogens is 3. The molecule has 2 aromatic rings. The average Bonchev–Trinajstić information content (AvgIpc) is 2.88. The van der Waals surface area contributed by atoms with Crippen molar-refractivity contribution in [1.82, 2.24) is 20.1 Å². The molecule has 0 saturated carbocycles. The summed E-state index contributed by atoms with van der Waals surface area (Å²) in [5, 5.41) is 10.5. The van der Waals surface area contributed by atoms with E-state index >= 15 is 0 Å². The Morgan fingerprint density at radius 3 is 2.60 bits per heavy atom. The van der Waals surface area contributed by atoms with Crippen molar-refractivity contribution in [2.24, 2.45) is 7.05 Å². The Bertz CT molecular complexity index is 575. The maximum Gasteiger partial charge on any atom is 0.247 e. The minimum atomic E-state index is -0.432. The van der Waals surface area contributed by atoms with Gasteiger partial charge in [0.2, 0.25) is 5.91 Å². The number of likely N-dealkylation sites (N-methyl/N-ethyl adjacent to an activating group) is 1. The monoisotopic (exact) mass is 315 g/mol. The molecule has 2 rings (SSSR count). The van der Waals surface area contributed by atoms with Crippen LogP contribution in [0.15, 0.2) is 12.4 Å². The van der Waals surface area contributed by atoms with Gasteiger partial charge in [0.15, 0.2) is 5.13 Å². The number of nitrogens with one attached hydrogen (secondary N) is 2. The van der Waals surface area contributed by atoms with Gasteiger partial charge in [0.05, 0.1) is 11.9 Å². The molecule has 0 spiro atoms. The first kappa shape index (κ1) is 16.6. The number of aryl methyl sites for hydroxylation is 3. The topological polar surface area (TPSA) is 71.8 Å². The Kier molecular flexibility index (Phi) is 5.67. The van der Waals surface area contributed by atoms with Crippen LogP contribution in [0.2, 0.25) is 0 Å². The number of nitrogens with zero attached hydrogens (tertiary/aromatic N) is 3. The highest BCUT2D eigenvalue weighted by Gasteiger charge is 2.21. The zero-order valence-electron chi connectivity index (χ0n) is 11.8. The maximum atomic E-state index is 12.2. The highest BCUT2D eigenvalue weighted by atomic mass is 35.5. The fourth-order valence-electron chi connectivity index (χ4n) is 1.74. The SMILES string of the molecule is CNC(C(=O)Nc1nc(C)c(C)s1)c1cnn(C)c1.Cl. The average molecular weight is 316 g/mol. The standard InChI is InChI=1S/C12H17N5OS.ClH/c1-7-8(2)19-12(15-7)16-11(18)10(13-3)9-5-14-17(4)6-9;/h5-6,10,13H,1-4H3,(H,15,16,18);1H. The van der Waals surface area contributed by atoms with E-state index in [2.05, 4.69) is 20.7 Å². The molecule has 1 atom stereocenters. The zero-order chi connectivity index (χ0) is 14.0. The van der Waals surface area contributed by atoms with E-state index in [0.717, 1.165) is 16.1 Å². The quantitative estimate of drug-likeness (QED) is 0.902. The van der Waals surface area contributed by atoms with Gasteiger partial charge in [-0.2, -0.15) is 5.10 Å². The molecule has 0 bridgehead atoms. The second-order valence-electron chi connectivity index (χ2n) is 4.32. The number of carbonyl (C=O) groups excluding carboxylic acids is 1. The Morgan fingerprint density at radius 1 is 1.45 bits per heavy atom. The van der Waals surface area contributed by atoms with Crippen LogP contribution in [0, 0.1) is 13.8 Å². The predicted octanol–water partition coefficient (Wildman–Crippen LogP) is 1.81. The summed E-state index contributed by atoms with van der Waals surface area (Å²) in [5.41, 5.74) is 1.77. The van der Waals surface area contributed by atoms with Gasteiger partial charge < -0.3 is 10.6 Å². The zero-order valence-corrected chi connectivity index (χ0v) is 13.4. The summed E-state index contributed by atoms with van der Waals surface area (Å²) in [7, 11) is 3.57. The number of halogens is 1. The number of thiazole rings is 1. The van der Waals surface area contributed by atoms with Gasteiger partial charge in [-0.1, -0.05) is 0 Å². The van der Waals surface area contributed by atoms with Crippen molar-refractivity contribution in [3.8, 4) is 0 Å². The van der Waals surface area contributed by atoms with Crippen molar-refractivity contribution in [3.63, 3.8) is 0 Å². The summed E-state index contributed by atoms with van der Waals surface area (Å²) < 4.78 is 1.67. The third-order valence-electron chi connectivity index (χ3n) is 2.87. The van der Waals surface area contributed by atoms with Crippen molar-refractivity contribution < 1.29 is 4.79 Å². The molecule has 2 N–H and O–H groups in total. The van der Waals surface area contributed by atoms with Gasteiger partial charge in [-0.25, -0.2) is 4.98 Å². The first-order valence-electron chi connectivity index (χ1n) is 5.92. The minimum absolute atomic E-state index is 0. The molecule has 8 heteroatoms. The molecule has 0 aliphatic heterocycles. The van der Waals surface area contributed by atoms with Crippen molar-refractivity contribution in [2.45, 2.75) is 19.9 Å². The molecule has 2 aromatic heterocycles. The van der Waals surface area contributed by atoms with E-state index in [1.807, 2.05) is 27.1 Å². The van der Waals surface area contributed by atoms with E-state index in [1.54, 1.807) is 17.9 Å². The lowest BCUT2D eigenvalue weighted by Gasteiger charge is -2.12. The third-order valence-corrected chi connectivity index (χ3v) is 3.86.